The number of aromatic nitrogens is 4. The smallest absolute Gasteiger partial charge is 0.0659 e. The van der Waals surface area contributed by atoms with Crippen molar-refractivity contribution >= 4 is 58.8 Å². The van der Waals surface area contributed by atoms with Gasteiger partial charge in [0.05, 0.1) is 22.8 Å². The van der Waals surface area contributed by atoms with Crippen LogP contribution in [0.5, 0.6) is 0 Å². The van der Waals surface area contributed by atoms with Gasteiger partial charge in [0, 0.05) is 39.1 Å². The van der Waals surface area contributed by atoms with Gasteiger partial charge < -0.3 is 9.97 Å². The molecule has 3 aromatic rings. The third-order valence-corrected chi connectivity index (χ3v) is 4.04. The molecule has 0 saturated carbocycles. The normalized spacial score (nSPS) is 11.7. The minimum absolute atomic E-state index is 0. The molecular weight excluding hydrogens is 388 g/mol. The van der Waals surface area contributed by atoms with Crippen LogP contribution in [0.3, 0.4) is 0 Å². The van der Waals surface area contributed by atoms with Crippen LogP contribution in [0.15, 0.2) is 48.5 Å². The van der Waals surface area contributed by atoms with E-state index in [1.54, 1.807) is 0 Å². The molecule has 0 aliphatic carbocycles. The maximum absolute atomic E-state index is 4.62. The fourth-order valence-corrected chi connectivity index (χ4v) is 2.94. The van der Waals surface area contributed by atoms with Gasteiger partial charge in [-0.1, -0.05) is 0 Å². The molecule has 5 heterocycles. The Morgan fingerprint density at radius 1 is 0.500 bits per heavy atom. The van der Waals surface area contributed by atoms with Gasteiger partial charge in [-0.25, -0.2) is 9.97 Å². The Hall–Kier alpha value is -2.59. The van der Waals surface area contributed by atoms with Gasteiger partial charge in [-0.3, -0.25) is 0 Å². The average molecular weight is 403 g/mol. The number of halogens is 1. The first kappa shape index (κ1) is 18.2. The Morgan fingerprint density at radius 2 is 0.846 bits per heavy atom. The predicted octanol–water partition coefficient (Wildman–Crippen LogP) is 5.07. The minimum atomic E-state index is 0. The third-order valence-electron chi connectivity index (χ3n) is 4.04. The molecule has 0 atom stereocenters. The molecule has 0 aromatic carbocycles. The summed E-state index contributed by atoms with van der Waals surface area (Å²) in [5.74, 6) is 0. The second-order valence-corrected chi connectivity index (χ2v) is 5.91. The molecule has 26 heavy (non-hydrogen) atoms. The Kier molecular flexibility index (Phi) is 5.14. The van der Waals surface area contributed by atoms with Gasteiger partial charge in [-0.05, 0) is 72.8 Å². The summed E-state index contributed by atoms with van der Waals surface area (Å²) in [5.41, 5.74) is 7.86. The summed E-state index contributed by atoms with van der Waals surface area (Å²) in [4.78, 5) is 16.0. The fourth-order valence-electron chi connectivity index (χ4n) is 2.94. The van der Waals surface area contributed by atoms with Crippen LogP contribution in [0.1, 0.15) is 22.8 Å². The largest absolute Gasteiger partial charge is 0.355 e. The zero-order valence-electron chi connectivity index (χ0n) is 13.6. The number of rotatable bonds is 0. The molecule has 3 aromatic heterocycles. The van der Waals surface area contributed by atoms with Gasteiger partial charge in [0.25, 0.3) is 0 Å². The third kappa shape index (κ3) is 3.65. The molecule has 0 spiro atoms. The topological polar surface area (TPSA) is 57.4 Å². The summed E-state index contributed by atoms with van der Waals surface area (Å²) in [7, 11) is 0. The first-order valence-corrected chi connectivity index (χ1v) is 7.85. The van der Waals surface area contributed by atoms with E-state index in [9.17, 15) is 0 Å². The summed E-state index contributed by atoms with van der Waals surface area (Å²) in [6, 6.07) is 16.4. The monoisotopic (exact) mass is 402 g/mol. The molecular formula is C20H15ClFeN4. The molecule has 0 unspecified atom stereocenters. The van der Waals surface area contributed by atoms with E-state index < -0.39 is 0 Å². The maximum Gasteiger partial charge on any atom is 0.0659 e. The SMILES string of the molecule is C1=Cc2cc3ccc(cc4ccc(cc5nc(cc1n2)C=C5)[nH]4)[nH]3.Cl.[Fe]. The van der Waals surface area contributed by atoms with E-state index in [4.69, 9.17) is 0 Å². The van der Waals surface area contributed by atoms with Crippen molar-refractivity contribution in [2.24, 2.45) is 0 Å². The number of hydrogen-bond donors (Lipinski definition) is 2. The van der Waals surface area contributed by atoms with E-state index in [-0.39, 0.29) is 29.5 Å². The second kappa shape index (κ2) is 7.34. The Labute approximate surface area is 167 Å². The molecule has 0 fully saturated rings. The Bertz CT molecular complexity index is 1080. The number of fused-ring (bicyclic) bond motifs is 8. The van der Waals surface area contributed by atoms with Crippen LogP contribution in [-0.2, 0) is 17.1 Å². The molecule has 6 heteroatoms. The van der Waals surface area contributed by atoms with Crippen LogP contribution in [0.4, 0.5) is 0 Å². The quantitative estimate of drug-likeness (QED) is 0.355. The molecule has 5 rings (SSSR count). The predicted molar refractivity (Wildman–Crippen MR) is 106 cm³/mol. The zero-order chi connectivity index (χ0) is 15.9. The molecule has 0 radical (unpaired) electrons. The fraction of sp³-hybridized carbons (Fsp3) is 0. The molecule has 0 saturated heterocycles. The molecule has 8 bridgehead atoms. The number of hydrogen-bond acceptors (Lipinski definition) is 2. The summed E-state index contributed by atoms with van der Waals surface area (Å²) in [6.07, 6.45) is 8.05. The van der Waals surface area contributed by atoms with Crippen molar-refractivity contribution < 1.29 is 17.1 Å². The van der Waals surface area contributed by atoms with Crippen molar-refractivity contribution in [1.82, 2.24) is 19.9 Å². The van der Waals surface area contributed by atoms with Crippen molar-refractivity contribution in [2.75, 3.05) is 0 Å². The van der Waals surface area contributed by atoms with Crippen molar-refractivity contribution in [2.45, 2.75) is 0 Å². The van der Waals surface area contributed by atoms with E-state index in [1.807, 2.05) is 42.5 Å². The van der Waals surface area contributed by atoms with E-state index in [0.717, 1.165) is 44.8 Å². The van der Waals surface area contributed by atoms with Crippen LogP contribution in [0, 0.1) is 0 Å². The molecule has 130 valence electrons. The number of aromatic amines is 2. The van der Waals surface area contributed by atoms with E-state index in [0.29, 0.717) is 0 Å². The number of nitrogens with zero attached hydrogens (tertiary/aromatic N) is 2. The molecule has 2 aliphatic rings. The maximum atomic E-state index is 4.62. The van der Waals surface area contributed by atoms with Gasteiger partial charge in [0.1, 0.15) is 0 Å². The van der Waals surface area contributed by atoms with E-state index in [2.05, 4.69) is 50.3 Å². The molecule has 2 aliphatic heterocycles. The van der Waals surface area contributed by atoms with Crippen LogP contribution >= 0.6 is 12.4 Å². The standard InChI is InChI=1S/C20H14N4.ClH.Fe/c1-2-14-10-16-5-6-18(23-16)12-20-8-7-19(24-20)11-17-4-3-15(22-17)9-13(1)21-14;;/h1-12,21-22H;1H;. The van der Waals surface area contributed by atoms with Gasteiger partial charge in [0.15, 0.2) is 0 Å². The van der Waals surface area contributed by atoms with E-state index in [1.165, 1.54) is 0 Å². The van der Waals surface area contributed by atoms with Crippen LogP contribution < -0.4 is 0 Å². The van der Waals surface area contributed by atoms with Crippen molar-refractivity contribution in [3.63, 3.8) is 0 Å². The number of H-pyrrole nitrogens is 2. The average Bonchev–Trinajstić information content (AvgIpc) is 3.32. The van der Waals surface area contributed by atoms with Crippen LogP contribution in [0.2, 0.25) is 0 Å². The van der Waals surface area contributed by atoms with Crippen molar-refractivity contribution in [3.8, 4) is 0 Å². The van der Waals surface area contributed by atoms with E-state index >= 15 is 0 Å². The van der Waals surface area contributed by atoms with Crippen LogP contribution in [0.25, 0.3) is 46.4 Å². The Balaban J connectivity index is 0.000000980. The second-order valence-electron chi connectivity index (χ2n) is 5.91. The summed E-state index contributed by atoms with van der Waals surface area (Å²) in [5, 5.41) is 0. The van der Waals surface area contributed by atoms with Gasteiger partial charge in [-0.2, -0.15) is 0 Å². The van der Waals surface area contributed by atoms with Gasteiger partial charge in [-0.15, -0.1) is 12.4 Å². The molecule has 0 amide bonds. The Morgan fingerprint density at radius 3 is 1.27 bits per heavy atom. The van der Waals surface area contributed by atoms with Crippen molar-refractivity contribution in [1.29, 1.82) is 0 Å². The minimum Gasteiger partial charge on any atom is -0.355 e. The number of nitrogens with one attached hydrogen (secondary N) is 2. The first-order valence-electron chi connectivity index (χ1n) is 7.85. The summed E-state index contributed by atoms with van der Waals surface area (Å²) >= 11 is 0. The van der Waals surface area contributed by atoms with Gasteiger partial charge in [0.2, 0.25) is 0 Å². The molecule has 2 N–H and O–H groups in total. The first-order chi connectivity index (χ1) is 11.8. The summed E-state index contributed by atoms with van der Waals surface area (Å²) in [6.45, 7) is 0. The van der Waals surface area contributed by atoms with Gasteiger partial charge >= 0.3 is 0 Å². The zero-order valence-corrected chi connectivity index (χ0v) is 15.5. The van der Waals surface area contributed by atoms with Crippen LogP contribution in [-0.4, -0.2) is 19.9 Å². The molecule has 4 nitrogen and oxygen atoms in total. The van der Waals surface area contributed by atoms with Crippen molar-refractivity contribution in [3.05, 3.63) is 71.3 Å². The summed E-state index contributed by atoms with van der Waals surface area (Å²) < 4.78 is 0.